The maximum absolute atomic E-state index is 13.3. The fraction of sp³-hybridized carbons (Fsp3) is 0.333. The summed E-state index contributed by atoms with van der Waals surface area (Å²) in [6, 6.07) is 13.6. The van der Waals surface area contributed by atoms with Crippen LogP contribution in [-0.4, -0.2) is 55.2 Å². The van der Waals surface area contributed by atoms with Gasteiger partial charge >= 0.3 is 0 Å². The van der Waals surface area contributed by atoms with Gasteiger partial charge in [-0.1, -0.05) is 30.3 Å². The molecule has 0 radical (unpaired) electrons. The monoisotopic (exact) mass is 438 g/mol. The van der Waals surface area contributed by atoms with Gasteiger partial charge < -0.3 is 20.1 Å². The maximum atomic E-state index is 13.3. The standard InChI is InChI=1S/C24H26N2O4S/c1-15-6-5-8-18(21(15)30-2)24(29)26-12-10-16(14-26)20-17-7-3-4-9-19(17)31-22(20)23(28)25-11-13-27/h3-9,16,27H,10-14H2,1-2H3,(H,25,28)/t16-/m1/s1. The molecule has 1 aromatic heterocycles. The molecule has 7 heteroatoms. The number of nitrogens with one attached hydrogen (secondary N) is 1. The SMILES string of the molecule is COc1c(C)cccc1C(=O)N1CC[C@@H](c2c(C(=O)NCCO)sc3ccccc23)C1. The third kappa shape index (κ3) is 4.03. The first-order chi connectivity index (χ1) is 15.0. The molecular formula is C24H26N2O4S. The van der Waals surface area contributed by atoms with Crippen LogP contribution >= 0.6 is 11.3 Å². The number of nitrogens with zero attached hydrogens (tertiary/aromatic N) is 1. The van der Waals surface area contributed by atoms with Gasteiger partial charge in [0.05, 0.1) is 24.2 Å². The number of aliphatic hydroxyl groups excluding tert-OH is 1. The van der Waals surface area contributed by atoms with Gasteiger partial charge in [0.15, 0.2) is 0 Å². The van der Waals surface area contributed by atoms with E-state index in [1.807, 2.05) is 48.2 Å². The number of amides is 2. The molecule has 31 heavy (non-hydrogen) atoms. The lowest BCUT2D eigenvalue weighted by atomic mass is 9.95. The van der Waals surface area contributed by atoms with Crippen LogP contribution in [0.5, 0.6) is 5.75 Å². The lowest BCUT2D eigenvalue weighted by Crippen LogP contribution is -2.29. The number of thiophene rings is 1. The minimum Gasteiger partial charge on any atom is -0.496 e. The lowest BCUT2D eigenvalue weighted by Gasteiger charge is -2.19. The summed E-state index contributed by atoms with van der Waals surface area (Å²) >= 11 is 1.47. The summed E-state index contributed by atoms with van der Waals surface area (Å²) in [4.78, 5) is 28.6. The number of rotatable bonds is 6. The minimum absolute atomic E-state index is 0.0473. The maximum Gasteiger partial charge on any atom is 0.261 e. The molecule has 2 aromatic carbocycles. The highest BCUT2D eigenvalue weighted by molar-refractivity contribution is 7.21. The van der Waals surface area contributed by atoms with Crippen molar-refractivity contribution in [2.45, 2.75) is 19.3 Å². The van der Waals surface area contributed by atoms with Crippen molar-refractivity contribution < 1.29 is 19.4 Å². The van der Waals surface area contributed by atoms with Gasteiger partial charge in [-0.25, -0.2) is 0 Å². The van der Waals surface area contributed by atoms with E-state index in [4.69, 9.17) is 9.84 Å². The van der Waals surface area contributed by atoms with Gasteiger partial charge in [-0.2, -0.15) is 0 Å². The number of hydrogen-bond donors (Lipinski definition) is 2. The Hall–Kier alpha value is -2.90. The number of ether oxygens (including phenoxy) is 1. The van der Waals surface area contributed by atoms with Crippen LogP contribution in [0.3, 0.4) is 0 Å². The number of aliphatic hydroxyl groups is 1. The van der Waals surface area contributed by atoms with E-state index >= 15 is 0 Å². The Balaban J connectivity index is 1.64. The van der Waals surface area contributed by atoms with Crippen molar-refractivity contribution in [1.29, 1.82) is 0 Å². The van der Waals surface area contributed by atoms with E-state index in [0.717, 1.165) is 27.6 Å². The van der Waals surface area contributed by atoms with Crippen LogP contribution in [-0.2, 0) is 0 Å². The van der Waals surface area contributed by atoms with Crippen LogP contribution in [0.2, 0.25) is 0 Å². The van der Waals surface area contributed by atoms with E-state index in [2.05, 4.69) is 5.32 Å². The van der Waals surface area contributed by atoms with Gasteiger partial charge in [-0.15, -0.1) is 11.3 Å². The van der Waals surface area contributed by atoms with Gasteiger partial charge in [-0.05, 0) is 42.0 Å². The second-order valence-electron chi connectivity index (χ2n) is 7.71. The van der Waals surface area contributed by atoms with E-state index in [1.165, 1.54) is 11.3 Å². The number of para-hydroxylation sites is 1. The molecule has 0 unspecified atom stereocenters. The first-order valence-corrected chi connectivity index (χ1v) is 11.2. The molecule has 0 bridgehead atoms. The van der Waals surface area contributed by atoms with Crippen LogP contribution in [0.15, 0.2) is 42.5 Å². The van der Waals surface area contributed by atoms with Gasteiger partial charge in [0.1, 0.15) is 5.75 Å². The number of fused-ring (bicyclic) bond motifs is 1. The fourth-order valence-electron chi connectivity index (χ4n) is 4.33. The third-order valence-electron chi connectivity index (χ3n) is 5.77. The number of benzene rings is 2. The van der Waals surface area contributed by atoms with Crippen LogP contribution in [0.25, 0.3) is 10.1 Å². The van der Waals surface area contributed by atoms with Crippen molar-refractivity contribution in [3.05, 3.63) is 64.0 Å². The van der Waals surface area contributed by atoms with Crippen molar-refractivity contribution in [2.24, 2.45) is 0 Å². The second-order valence-corrected chi connectivity index (χ2v) is 8.77. The largest absolute Gasteiger partial charge is 0.496 e. The summed E-state index contributed by atoms with van der Waals surface area (Å²) in [6.07, 6.45) is 0.793. The number of methoxy groups -OCH3 is 1. The Morgan fingerprint density at radius 2 is 2.03 bits per heavy atom. The Kier molecular flexibility index (Phi) is 6.25. The summed E-state index contributed by atoms with van der Waals surface area (Å²) in [5.74, 6) is 0.469. The highest BCUT2D eigenvalue weighted by Gasteiger charge is 2.33. The number of carbonyl (C=O) groups excluding carboxylic acids is 2. The first-order valence-electron chi connectivity index (χ1n) is 10.4. The molecule has 1 atom stereocenters. The summed E-state index contributed by atoms with van der Waals surface area (Å²) in [7, 11) is 1.58. The van der Waals surface area contributed by atoms with E-state index in [-0.39, 0.29) is 30.9 Å². The van der Waals surface area contributed by atoms with Gasteiger partial charge in [0, 0.05) is 30.3 Å². The van der Waals surface area contributed by atoms with Crippen molar-refractivity contribution in [1.82, 2.24) is 10.2 Å². The zero-order valence-corrected chi connectivity index (χ0v) is 18.5. The van der Waals surface area contributed by atoms with E-state index in [1.54, 1.807) is 13.2 Å². The molecule has 1 fully saturated rings. The molecule has 2 heterocycles. The number of hydrogen-bond acceptors (Lipinski definition) is 5. The van der Waals surface area contributed by atoms with E-state index in [9.17, 15) is 9.59 Å². The van der Waals surface area contributed by atoms with Crippen LogP contribution < -0.4 is 10.1 Å². The molecule has 1 aliphatic rings. The molecule has 1 aliphatic heterocycles. The average Bonchev–Trinajstić information content (AvgIpc) is 3.41. The Labute approximate surface area is 185 Å². The second kappa shape index (κ2) is 9.08. The van der Waals surface area contributed by atoms with Crippen molar-refractivity contribution in [3.8, 4) is 5.75 Å². The zero-order chi connectivity index (χ0) is 22.0. The molecule has 4 rings (SSSR count). The molecule has 0 spiro atoms. The normalized spacial score (nSPS) is 16.0. The smallest absolute Gasteiger partial charge is 0.261 e. The molecule has 0 saturated carbocycles. The predicted molar refractivity (Wildman–Crippen MR) is 122 cm³/mol. The predicted octanol–water partition coefficient (Wildman–Crippen LogP) is 3.57. The summed E-state index contributed by atoms with van der Waals surface area (Å²) in [6.45, 7) is 3.22. The van der Waals surface area contributed by atoms with Crippen molar-refractivity contribution in [2.75, 3.05) is 33.4 Å². The molecule has 162 valence electrons. The summed E-state index contributed by atoms with van der Waals surface area (Å²) in [5, 5.41) is 12.9. The van der Waals surface area contributed by atoms with Crippen LogP contribution in [0, 0.1) is 6.92 Å². The van der Waals surface area contributed by atoms with Gasteiger partial charge in [-0.3, -0.25) is 9.59 Å². The average molecular weight is 439 g/mol. The summed E-state index contributed by atoms with van der Waals surface area (Å²) < 4.78 is 6.54. The number of likely N-dealkylation sites (tertiary alicyclic amines) is 1. The van der Waals surface area contributed by atoms with Crippen molar-refractivity contribution >= 4 is 33.2 Å². The lowest BCUT2D eigenvalue weighted by molar-refractivity contribution is 0.0787. The summed E-state index contributed by atoms with van der Waals surface area (Å²) in [5.41, 5.74) is 2.50. The molecular weight excluding hydrogens is 412 g/mol. The quantitative estimate of drug-likeness (QED) is 0.617. The van der Waals surface area contributed by atoms with Gasteiger partial charge in [0.25, 0.3) is 11.8 Å². The molecule has 2 amide bonds. The van der Waals surface area contributed by atoms with Crippen LogP contribution in [0.4, 0.5) is 0 Å². The first kappa shape index (κ1) is 21.3. The minimum atomic E-state index is -0.171. The molecule has 2 N–H and O–H groups in total. The van der Waals surface area contributed by atoms with Crippen molar-refractivity contribution in [3.63, 3.8) is 0 Å². The van der Waals surface area contributed by atoms with Gasteiger partial charge in [0.2, 0.25) is 0 Å². The molecule has 3 aromatic rings. The van der Waals surface area contributed by atoms with E-state index < -0.39 is 0 Å². The topological polar surface area (TPSA) is 78.9 Å². The number of aryl methyl sites for hydroxylation is 1. The number of carbonyl (C=O) groups is 2. The van der Waals surface area contributed by atoms with Crippen LogP contribution in [0.1, 0.15) is 43.5 Å². The highest BCUT2D eigenvalue weighted by Crippen LogP contribution is 2.40. The zero-order valence-electron chi connectivity index (χ0n) is 17.7. The van der Waals surface area contributed by atoms with E-state index in [0.29, 0.717) is 29.3 Å². The Morgan fingerprint density at radius 1 is 1.23 bits per heavy atom. The Bertz CT molecular complexity index is 1120. The fourth-order valence-corrected chi connectivity index (χ4v) is 5.54. The Morgan fingerprint density at radius 3 is 2.81 bits per heavy atom. The third-order valence-corrected chi connectivity index (χ3v) is 6.95. The molecule has 6 nitrogen and oxygen atoms in total. The molecule has 1 saturated heterocycles. The molecule has 0 aliphatic carbocycles. The highest BCUT2D eigenvalue weighted by atomic mass is 32.1.